The molecule has 1 atom stereocenters. The van der Waals surface area contributed by atoms with Crippen molar-refractivity contribution in [3.05, 3.63) is 46.8 Å². The van der Waals surface area contributed by atoms with Crippen LogP contribution >= 0.6 is 11.6 Å². The van der Waals surface area contributed by atoms with Crippen molar-refractivity contribution in [2.45, 2.75) is 58.8 Å². The third-order valence-electron chi connectivity index (χ3n) is 6.09. The number of halogens is 2. The van der Waals surface area contributed by atoms with E-state index in [9.17, 15) is 4.39 Å². The molecule has 26 heavy (non-hydrogen) atoms. The molecule has 1 fully saturated rings. The summed E-state index contributed by atoms with van der Waals surface area (Å²) in [5, 5.41) is 0.201. The minimum atomic E-state index is -0.434. The minimum absolute atomic E-state index is 0.201. The summed E-state index contributed by atoms with van der Waals surface area (Å²) in [5.41, 5.74) is 2.03. The molecule has 0 aliphatic heterocycles. The van der Waals surface area contributed by atoms with Crippen molar-refractivity contribution >= 4 is 17.2 Å². The fourth-order valence-corrected chi connectivity index (χ4v) is 4.93. The fourth-order valence-electron chi connectivity index (χ4n) is 4.65. The average molecular weight is 377 g/mol. The van der Waals surface area contributed by atoms with Gasteiger partial charge in [0.25, 0.3) is 0 Å². The topological polar surface area (TPSA) is 9.23 Å². The van der Waals surface area contributed by atoms with E-state index in [2.05, 4.69) is 25.2 Å². The zero-order valence-electron chi connectivity index (χ0n) is 15.9. The molecule has 142 valence electrons. The Kier molecular flexibility index (Phi) is 6.80. The predicted molar refractivity (Wildman–Crippen MR) is 108 cm³/mol. The van der Waals surface area contributed by atoms with Gasteiger partial charge in [0.05, 0.1) is 11.6 Å². The van der Waals surface area contributed by atoms with Crippen molar-refractivity contribution in [3.8, 4) is 5.75 Å². The van der Waals surface area contributed by atoms with Gasteiger partial charge in [-0.2, -0.15) is 0 Å². The van der Waals surface area contributed by atoms with Gasteiger partial charge in [-0.1, -0.05) is 29.8 Å². The maximum atomic E-state index is 14.4. The SMILES string of the molecule is C/C=C/C1CCC(C2CC=C(c3ccc(OCC)c(F)c3Cl)CC2)CC1. The van der Waals surface area contributed by atoms with Gasteiger partial charge in [0.15, 0.2) is 11.6 Å². The zero-order chi connectivity index (χ0) is 18.5. The Morgan fingerprint density at radius 2 is 1.92 bits per heavy atom. The van der Waals surface area contributed by atoms with Crippen molar-refractivity contribution in [1.29, 1.82) is 0 Å². The first-order chi connectivity index (χ1) is 12.6. The van der Waals surface area contributed by atoms with Gasteiger partial charge in [0, 0.05) is 0 Å². The Morgan fingerprint density at radius 3 is 2.54 bits per heavy atom. The number of rotatable bonds is 5. The molecule has 0 amide bonds. The van der Waals surface area contributed by atoms with Crippen LogP contribution in [0.4, 0.5) is 4.39 Å². The molecular weight excluding hydrogens is 347 g/mol. The van der Waals surface area contributed by atoms with E-state index in [1.807, 2.05) is 13.0 Å². The van der Waals surface area contributed by atoms with Crippen LogP contribution in [0.15, 0.2) is 30.4 Å². The second-order valence-corrected chi connectivity index (χ2v) is 8.01. The summed E-state index contributed by atoms with van der Waals surface area (Å²) in [6.07, 6.45) is 15.5. The van der Waals surface area contributed by atoms with E-state index in [1.54, 1.807) is 6.07 Å². The highest BCUT2D eigenvalue weighted by molar-refractivity contribution is 6.32. The number of benzene rings is 1. The summed E-state index contributed by atoms with van der Waals surface area (Å²) >= 11 is 6.30. The maximum Gasteiger partial charge on any atom is 0.184 e. The molecule has 0 bridgehead atoms. The highest BCUT2D eigenvalue weighted by Gasteiger charge is 2.28. The van der Waals surface area contributed by atoms with Gasteiger partial charge in [-0.05, 0) is 99.8 Å². The Hall–Kier alpha value is -1.28. The van der Waals surface area contributed by atoms with Gasteiger partial charge in [-0.3, -0.25) is 0 Å². The average Bonchev–Trinajstić information content (AvgIpc) is 2.67. The van der Waals surface area contributed by atoms with Gasteiger partial charge in [-0.15, -0.1) is 0 Å². The number of hydrogen-bond donors (Lipinski definition) is 0. The molecular formula is C23H30ClFO. The Labute approximate surface area is 162 Å². The van der Waals surface area contributed by atoms with Crippen molar-refractivity contribution in [3.63, 3.8) is 0 Å². The third-order valence-corrected chi connectivity index (χ3v) is 6.46. The van der Waals surface area contributed by atoms with Gasteiger partial charge >= 0.3 is 0 Å². The third kappa shape index (κ3) is 4.34. The second-order valence-electron chi connectivity index (χ2n) is 7.64. The first kappa shape index (κ1) is 19.5. The van der Waals surface area contributed by atoms with E-state index in [1.165, 1.54) is 37.7 Å². The molecule has 0 spiro atoms. The minimum Gasteiger partial charge on any atom is -0.491 e. The molecule has 2 aliphatic rings. The van der Waals surface area contributed by atoms with E-state index in [-0.39, 0.29) is 10.8 Å². The van der Waals surface area contributed by atoms with Gasteiger partial charge in [0.1, 0.15) is 0 Å². The quantitative estimate of drug-likeness (QED) is 0.485. The molecule has 2 aliphatic carbocycles. The number of hydrogen-bond acceptors (Lipinski definition) is 1. The van der Waals surface area contributed by atoms with Crippen LogP contribution in [0.25, 0.3) is 5.57 Å². The lowest BCUT2D eigenvalue weighted by Crippen LogP contribution is -2.22. The van der Waals surface area contributed by atoms with E-state index in [0.717, 1.165) is 36.2 Å². The molecule has 0 aromatic heterocycles. The molecule has 0 heterocycles. The van der Waals surface area contributed by atoms with Crippen LogP contribution in [0.2, 0.25) is 5.02 Å². The maximum absolute atomic E-state index is 14.4. The van der Waals surface area contributed by atoms with E-state index in [4.69, 9.17) is 16.3 Å². The molecule has 3 rings (SSSR count). The van der Waals surface area contributed by atoms with Crippen LogP contribution in [-0.4, -0.2) is 6.61 Å². The van der Waals surface area contributed by atoms with Crippen LogP contribution in [0.5, 0.6) is 5.75 Å². The van der Waals surface area contributed by atoms with Crippen LogP contribution < -0.4 is 4.74 Å². The normalized spacial score (nSPS) is 26.8. The zero-order valence-corrected chi connectivity index (χ0v) is 16.7. The Morgan fingerprint density at radius 1 is 1.15 bits per heavy atom. The largest absolute Gasteiger partial charge is 0.491 e. The van der Waals surface area contributed by atoms with E-state index in [0.29, 0.717) is 6.61 Å². The summed E-state index contributed by atoms with van der Waals surface area (Å²) in [4.78, 5) is 0. The van der Waals surface area contributed by atoms with Crippen molar-refractivity contribution in [1.82, 2.24) is 0 Å². The molecule has 0 saturated heterocycles. The molecule has 1 aromatic rings. The van der Waals surface area contributed by atoms with Crippen LogP contribution in [0.3, 0.4) is 0 Å². The smallest absolute Gasteiger partial charge is 0.184 e. The molecule has 0 radical (unpaired) electrons. The van der Waals surface area contributed by atoms with Crippen molar-refractivity contribution < 1.29 is 9.13 Å². The lowest BCUT2D eigenvalue weighted by Gasteiger charge is -2.35. The number of allylic oxidation sites excluding steroid dienone is 4. The van der Waals surface area contributed by atoms with Gasteiger partial charge < -0.3 is 4.74 Å². The lowest BCUT2D eigenvalue weighted by atomic mass is 9.71. The highest BCUT2D eigenvalue weighted by atomic mass is 35.5. The molecule has 1 saturated carbocycles. The summed E-state index contributed by atoms with van der Waals surface area (Å²) in [6.45, 7) is 4.40. The van der Waals surface area contributed by atoms with Crippen molar-refractivity contribution in [2.24, 2.45) is 17.8 Å². The highest BCUT2D eigenvalue weighted by Crippen LogP contribution is 2.43. The van der Waals surface area contributed by atoms with Crippen LogP contribution in [-0.2, 0) is 0 Å². The molecule has 0 N–H and O–H groups in total. The Balaban J connectivity index is 1.64. The van der Waals surface area contributed by atoms with E-state index < -0.39 is 5.82 Å². The first-order valence-electron chi connectivity index (χ1n) is 10.1. The molecule has 1 aromatic carbocycles. The van der Waals surface area contributed by atoms with Crippen molar-refractivity contribution in [2.75, 3.05) is 6.61 Å². The second kappa shape index (κ2) is 9.08. The standard InChI is InChI=1S/C23H30ClFO/c1-3-5-16-6-8-17(9-7-16)18-10-12-19(13-11-18)20-14-15-21(26-4-2)23(25)22(20)24/h3,5,12,14-18H,4,6-11,13H2,1-2H3/b5-3+. The van der Waals surface area contributed by atoms with Gasteiger partial charge in [0.2, 0.25) is 0 Å². The number of ether oxygens (including phenoxy) is 1. The summed E-state index contributed by atoms with van der Waals surface area (Å²) in [6, 6.07) is 3.61. The first-order valence-corrected chi connectivity index (χ1v) is 10.4. The summed E-state index contributed by atoms with van der Waals surface area (Å²) < 4.78 is 19.7. The van der Waals surface area contributed by atoms with Crippen LogP contribution in [0.1, 0.15) is 64.4 Å². The summed E-state index contributed by atoms with van der Waals surface area (Å²) in [7, 11) is 0. The van der Waals surface area contributed by atoms with Gasteiger partial charge in [-0.25, -0.2) is 4.39 Å². The molecule has 3 heteroatoms. The lowest BCUT2D eigenvalue weighted by molar-refractivity contribution is 0.212. The summed E-state index contributed by atoms with van der Waals surface area (Å²) in [5.74, 6) is 2.22. The fraction of sp³-hybridized carbons (Fsp3) is 0.565. The predicted octanol–water partition coefficient (Wildman–Crippen LogP) is 7.44. The molecule has 1 nitrogen and oxygen atoms in total. The monoisotopic (exact) mass is 376 g/mol. The molecule has 1 unspecified atom stereocenters. The Bertz CT molecular complexity index is 671. The van der Waals surface area contributed by atoms with E-state index >= 15 is 0 Å². The van der Waals surface area contributed by atoms with Crippen LogP contribution in [0, 0.1) is 23.6 Å².